The van der Waals surface area contributed by atoms with E-state index < -0.39 is 11.4 Å². The van der Waals surface area contributed by atoms with Gasteiger partial charge in [-0.2, -0.15) is 0 Å². The van der Waals surface area contributed by atoms with Crippen molar-refractivity contribution in [3.8, 4) is 0 Å². The van der Waals surface area contributed by atoms with E-state index in [0.717, 1.165) is 35.4 Å². The monoisotopic (exact) mass is 305 g/mol. The number of nitrogens with zero attached hydrogens (tertiary/aromatic N) is 3. The number of carboxylic acids is 1. The van der Waals surface area contributed by atoms with Gasteiger partial charge in [-0.05, 0) is 25.8 Å². The lowest BCUT2D eigenvalue weighted by atomic mass is 9.83. The van der Waals surface area contributed by atoms with Crippen LogP contribution in [0.25, 0.3) is 10.2 Å². The first-order chi connectivity index (χ1) is 10.1. The molecule has 1 fully saturated rings. The van der Waals surface area contributed by atoms with Crippen LogP contribution in [-0.4, -0.2) is 34.1 Å². The van der Waals surface area contributed by atoms with Crippen LogP contribution >= 0.6 is 11.3 Å². The smallest absolute Gasteiger partial charge is 0.311 e. The van der Waals surface area contributed by atoms with Crippen molar-refractivity contribution in [3.05, 3.63) is 17.3 Å². The minimum atomic E-state index is -0.682. The fourth-order valence-corrected chi connectivity index (χ4v) is 4.07. The van der Waals surface area contributed by atoms with Crippen LogP contribution in [0.4, 0.5) is 5.82 Å². The van der Waals surface area contributed by atoms with Gasteiger partial charge < -0.3 is 10.0 Å². The molecule has 1 aliphatic rings. The number of carbonyl (C=O) groups is 1. The highest BCUT2D eigenvalue weighted by atomic mass is 32.1. The summed E-state index contributed by atoms with van der Waals surface area (Å²) in [5.41, 5.74) is -0.628. The summed E-state index contributed by atoms with van der Waals surface area (Å²) in [5.74, 6) is 0.197. The van der Waals surface area contributed by atoms with Gasteiger partial charge in [0.1, 0.15) is 17.0 Å². The highest BCUT2D eigenvalue weighted by Crippen LogP contribution is 2.39. The molecule has 0 radical (unpaired) electrons. The summed E-state index contributed by atoms with van der Waals surface area (Å²) in [7, 11) is 0. The molecule has 3 rings (SSSR count). The van der Waals surface area contributed by atoms with Gasteiger partial charge in [0.25, 0.3) is 0 Å². The molecule has 2 aromatic rings. The normalized spacial score (nSPS) is 22.1. The van der Waals surface area contributed by atoms with Crippen molar-refractivity contribution < 1.29 is 9.90 Å². The third-order valence-electron chi connectivity index (χ3n) is 4.27. The number of hydrogen-bond donors (Lipinski definition) is 1. The zero-order valence-electron chi connectivity index (χ0n) is 12.3. The minimum Gasteiger partial charge on any atom is -0.481 e. The zero-order chi connectivity index (χ0) is 15.0. The van der Waals surface area contributed by atoms with E-state index in [1.54, 1.807) is 17.7 Å². The second-order valence-electron chi connectivity index (χ2n) is 5.78. The molecule has 5 nitrogen and oxygen atoms in total. The van der Waals surface area contributed by atoms with Crippen molar-refractivity contribution in [2.75, 3.05) is 18.0 Å². The lowest BCUT2D eigenvalue weighted by molar-refractivity contribution is -0.148. The molecule has 3 heterocycles. The predicted molar refractivity (Wildman–Crippen MR) is 84.0 cm³/mol. The summed E-state index contributed by atoms with van der Waals surface area (Å²) in [6.45, 7) is 5.38. The number of aryl methyl sites for hydroxylation is 1. The molecule has 1 aliphatic heterocycles. The largest absolute Gasteiger partial charge is 0.481 e. The SMILES string of the molecule is CCCC1(C(=O)O)CCN(c2ncnc3sc(C)cc23)C1. The summed E-state index contributed by atoms with van der Waals surface area (Å²) in [4.78, 5) is 24.7. The molecule has 0 saturated carbocycles. The number of hydrogen-bond acceptors (Lipinski definition) is 5. The number of thiophene rings is 1. The first-order valence-corrected chi connectivity index (χ1v) is 8.07. The molecule has 1 atom stereocenters. The first kappa shape index (κ1) is 14.3. The molecule has 0 aromatic carbocycles. The van der Waals surface area contributed by atoms with E-state index in [2.05, 4.69) is 27.9 Å². The Morgan fingerprint density at radius 2 is 2.33 bits per heavy atom. The maximum absolute atomic E-state index is 11.7. The van der Waals surface area contributed by atoms with Gasteiger partial charge in [-0.25, -0.2) is 9.97 Å². The van der Waals surface area contributed by atoms with Crippen molar-refractivity contribution >= 4 is 33.3 Å². The molecule has 6 heteroatoms. The lowest BCUT2D eigenvalue weighted by Crippen LogP contribution is -2.34. The van der Waals surface area contributed by atoms with E-state index in [0.29, 0.717) is 13.0 Å². The van der Waals surface area contributed by atoms with Crippen molar-refractivity contribution in [3.63, 3.8) is 0 Å². The zero-order valence-corrected chi connectivity index (χ0v) is 13.1. The fourth-order valence-electron chi connectivity index (χ4n) is 3.23. The van der Waals surface area contributed by atoms with Crippen LogP contribution in [-0.2, 0) is 4.79 Å². The van der Waals surface area contributed by atoms with Crippen LogP contribution in [0.2, 0.25) is 0 Å². The van der Waals surface area contributed by atoms with Gasteiger partial charge in [0.15, 0.2) is 0 Å². The summed E-state index contributed by atoms with van der Waals surface area (Å²) < 4.78 is 0. The molecule has 0 aliphatic carbocycles. The Balaban J connectivity index is 1.96. The number of aliphatic carboxylic acids is 1. The van der Waals surface area contributed by atoms with E-state index in [9.17, 15) is 9.90 Å². The Morgan fingerprint density at radius 1 is 1.52 bits per heavy atom. The van der Waals surface area contributed by atoms with Crippen molar-refractivity contribution in [2.45, 2.75) is 33.1 Å². The van der Waals surface area contributed by atoms with Crippen LogP contribution in [0.5, 0.6) is 0 Å². The third kappa shape index (κ3) is 2.37. The van der Waals surface area contributed by atoms with Crippen molar-refractivity contribution in [1.29, 1.82) is 0 Å². The molecule has 1 saturated heterocycles. The quantitative estimate of drug-likeness (QED) is 0.940. The maximum Gasteiger partial charge on any atom is 0.311 e. The van der Waals surface area contributed by atoms with Gasteiger partial charge in [-0.15, -0.1) is 11.3 Å². The molecule has 0 amide bonds. The van der Waals surface area contributed by atoms with Gasteiger partial charge in [0.05, 0.1) is 10.8 Å². The standard InChI is InChI=1S/C15H19N3O2S/c1-3-4-15(14(19)20)5-6-18(8-15)12-11-7-10(2)21-13(11)17-9-16-12/h7,9H,3-6,8H2,1-2H3,(H,19,20). The third-order valence-corrected chi connectivity index (χ3v) is 5.23. The average molecular weight is 305 g/mol. The first-order valence-electron chi connectivity index (χ1n) is 7.25. The Kier molecular flexibility index (Phi) is 3.57. The second kappa shape index (κ2) is 5.26. The fraction of sp³-hybridized carbons (Fsp3) is 0.533. The molecule has 0 spiro atoms. The van der Waals surface area contributed by atoms with Crippen LogP contribution in [0.3, 0.4) is 0 Å². The molecule has 1 N–H and O–H groups in total. The Hall–Kier alpha value is -1.69. The topological polar surface area (TPSA) is 66.3 Å². The average Bonchev–Trinajstić information content (AvgIpc) is 3.02. The number of aromatic nitrogens is 2. The molecule has 21 heavy (non-hydrogen) atoms. The van der Waals surface area contributed by atoms with Gasteiger partial charge in [0.2, 0.25) is 0 Å². The Bertz CT molecular complexity index is 685. The minimum absolute atomic E-state index is 0.539. The number of rotatable bonds is 4. The molecule has 112 valence electrons. The number of fused-ring (bicyclic) bond motifs is 1. The predicted octanol–water partition coefficient (Wildman–Crippen LogP) is 3.08. The molecule has 2 aromatic heterocycles. The van der Waals surface area contributed by atoms with Crippen molar-refractivity contribution in [2.24, 2.45) is 5.41 Å². The summed E-state index contributed by atoms with van der Waals surface area (Å²) >= 11 is 1.65. The van der Waals surface area contributed by atoms with E-state index in [4.69, 9.17) is 0 Å². The Morgan fingerprint density at radius 3 is 3.05 bits per heavy atom. The summed E-state index contributed by atoms with van der Waals surface area (Å²) in [6.07, 6.45) is 3.87. The van der Waals surface area contributed by atoms with Crippen LogP contribution in [0.15, 0.2) is 12.4 Å². The van der Waals surface area contributed by atoms with E-state index in [-0.39, 0.29) is 0 Å². The highest BCUT2D eigenvalue weighted by Gasteiger charge is 2.44. The van der Waals surface area contributed by atoms with E-state index >= 15 is 0 Å². The lowest BCUT2D eigenvalue weighted by Gasteiger charge is -2.24. The van der Waals surface area contributed by atoms with Crippen LogP contribution < -0.4 is 4.90 Å². The number of anilines is 1. The van der Waals surface area contributed by atoms with Gasteiger partial charge in [0, 0.05) is 18.0 Å². The molecular formula is C15H19N3O2S. The number of carboxylic acid groups (broad SMARTS) is 1. The summed E-state index contributed by atoms with van der Waals surface area (Å²) in [5, 5.41) is 10.7. The van der Waals surface area contributed by atoms with Gasteiger partial charge in [-0.3, -0.25) is 4.79 Å². The molecule has 0 bridgehead atoms. The van der Waals surface area contributed by atoms with E-state index in [1.165, 1.54) is 4.88 Å². The molecule has 1 unspecified atom stereocenters. The van der Waals surface area contributed by atoms with Crippen LogP contribution in [0.1, 0.15) is 31.1 Å². The van der Waals surface area contributed by atoms with Crippen LogP contribution in [0, 0.1) is 12.3 Å². The van der Waals surface area contributed by atoms with Crippen molar-refractivity contribution in [1.82, 2.24) is 9.97 Å². The Labute approximate surface area is 127 Å². The summed E-state index contributed by atoms with van der Waals surface area (Å²) in [6, 6.07) is 2.09. The maximum atomic E-state index is 11.7. The second-order valence-corrected chi connectivity index (χ2v) is 7.01. The van der Waals surface area contributed by atoms with Gasteiger partial charge >= 0.3 is 5.97 Å². The van der Waals surface area contributed by atoms with E-state index in [1.807, 2.05) is 6.92 Å². The van der Waals surface area contributed by atoms with Gasteiger partial charge in [-0.1, -0.05) is 13.3 Å². The highest BCUT2D eigenvalue weighted by molar-refractivity contribution is 7.18. The molecular weight excluding hydrogens is 286 g/mol.